The van der Waals surface area contributed by atoms with Crippen LogP contribution in [0.25, 0.3) is 11.1 Å². The van der Waals surface area contributed by atoms with Crippen LogP contribution in [0.3, 0.4) is 0 Å². The van der Waals surface area contributed by atoms with Crippen molar-refractivity contribution in [1.29, 1.82) is 5.26 Å². The lowest BCUT2D eigenvalue weighted by molar-refractivity contribution is 0.507. The summed E-state index contributed by atoms with van der Waals surface area (Å²) >= 11 is 0. The highest BCUT2D eigenvalue weighted by atomic mass is 19.2. The number of nitrogens with zero attached hydrogens (tertiary/aromatic N) is 1. The molecule has 0 aliphatic carbocycles. The fourth-order valence-electron chi connectivity index (χ4n) is 1.54. The first-order valence-electron chi connectivity index (χ1n) is 4.79. The maximum absolute atomic E-state index is 13.6. The van der Waals surface area contributed by atoms with Crippen LogP contribution in [-0.2, 0) is 0 Å². The van der Waals surface area contributed by atoms with Crippen LogP contribution in [0.15, 0.2) is 24.3 Å². The first-order valence-corrected chi connectivity index (χ1v) is 4.79. The molecule has 0 unspecified atom stereocenters. The summed E-state index contributed by atoms with van der Waals surface area (Å²) in [5, 5.41) is 8.52. The third-order valence-electron chi connectivity index (χ3n) is 2.33. The summed E-state index contributed by atoms with van der Waals surface area (Å²) in [7, 11) is 0. The van der Waals surface area contributed by atoms with Crippen molar-refractivity contribution < 1.29 is 17.6 Å². The molecule has 89 valence electrons. The fraction of sp³-hybridized carbons (Fsp3) is 0. The van der Waals surface area contributed by atoms with Gasteiger partial charge >= 0.3 is 0 Å². The van der Waals surface area contributed by atoms with E-state index < -0.39 is 34.4 Å². The number of halogens is 4. The first-order chi connectivity index (χ1) is 8.54. The predicted molar refractivity (Wildman–Crippen MR) is 55.3 cm³/mol. The molecule has 0 atom stereocenters. The molecule has 0 saturated carbocycles. The Balaban J connectivity index is 2.73. The molecule has 2 rings (SSSR count). The average Bonchev–Trinajstić information content (AvgIpc) is 2.33. The number of nitriles is 1. The summed E-state index contributed by atoms with van der Waals surface area (Å²) in [6, 6.07) is 7.03. The highest BCUT2D eigenvalue weighted by Crippen LogP contribution is 2.30. The number of benzene rings is 2. The predicted octanol–water partition coefficient (Wildman–Crippen LogP) is 3.58. The summed E-state index contributed by atoms with van der Waals surface area (Å²) in [6.45, 7) is 0. The molecule has 0 aliphatic rings. The second kappa shape index (κ2) is 4.49. The second-order valence-electron chi connectivity index (χ2n) is 3.45. The maximum Gasteiger partial charge on any atom is 0.167 e. The number of hydrogen-bond acceptors (Lipinski definition) is 1. The zero-order chi connectivity index (χ0) is 13.3. The lowest BCUT2D eigenvalue weighted by atomic mass is 10.0. The topological polar surface area (TPSA) is 23.8 Å². The van der Waals surface area contributed by atoms with Crippen molar-refractivity contribution >= 4 is 0 Å². The van der Waals surface area contributed by atoms with Crippen molar-refractivity contribution in [3.8, 4) is 17.2 Å². The largest absolute Gasteiger partial charge is 0.206 e. The van der Waals surface area contributed by atoms with Crippen LogP contribution in [0.5, 0.6) is 0 Å². The summed E-state index contributed by atoms with van der Waals surface area (Å²) < 4.78 is 53.6. The van der Waals surface area contributed by atoms with Gasteiger partial charge in [-0.1, -0.05) is 12.1 Å². The minimum Gasteiger partial charge on any atom is -0.206 e. The van der Waals surface area contributed by atoms with E-state index in [0.717, 1.165) is 24.3 Å². The second-order valence-corrected chi connectivity index (χ2v) is 3.45. The highest BCUT2D eigenvalue weighted by Gasteiger charge is 2.18. The fourth-order valence-corrected chi connectivity index (χ4v) is 1.54. The molecular formula is C13H4F4N. The van der Waals surface area contributed by atoms with E-state index in [1.807, 2.05) is 6.07 Å². The van der Waals surface area contributed by atoms with Crippen molar-refractivity contribution in [3.63, 3.8) is 0 Å². The summed E-state index contributed by atoms with van der Waals surface area (Å²) in [5.74, 6) is -4.97. The molecule has 0 bridgehead atoms. The van der Waals surface area contributed by atoms with Crippen LogP contribution in [0.1, 0.15) is 5.56 Å². The lowest BCUT2D eigenvalue weighted by Crippen LogP contribution is -1.96. The number of hydrogen-bond donors (Lipinski definition) is 0. The number of rotatable bonds is 1. The smallest absolute Gasteiger partial charge is 0.167 e. The molecule has 1 radical (unpaired) electrons. The van der Waals surface area contributed by atoms with Gasteiger partial charge in [0.2, 0.25) is 0 Å². The molecule has 0 aromatic heterocycles. The standard InChI is InChI=1S/C13H4F4N/c14-9-3-1-2-8(13(9)17)12-10(15)4-7(6-18)5-11(12)16/h1-2,4-5H. The van der Waals surface area contributed by atoms with Crippen LogP contribution in [0, 0.1) is 40.7 Å². The molecule has 2 aromatic carbocycles. The van der Waals surface area contributed by atoms with E-state index >= 15 is 0 Å². The SMILES string of the molecule is N#Cc1cc(F)c(-c2cc[c]c(F)c2F)c(F)c1. The van der Waals surface area contributed by atoms with Gasteiger partial charge in [-0.2, -0.15) is 5.26 Å². The van der Waals surface area contributed by atoms with Gasteiger partial charge in [-0.05, 0) is 12.1 Å². The Morgan fingerprint density at radius 2 is 1.67 bits per heavy atom. The van der Waals surface area contributed by atoms with E-state index in [9.17, 15) is 17.6 Å². The van der Waals surface area contributed by atoms with Crippen LogP contribution in [-0.4, -0.2) is 0 Å². The minimum atomic E-state index is -1.39. The average molecular weight is 250 g/mol. The summed E-state index contributed by atoms with van der Waals surface area (Å²) in [6.07, 6.45) is 0. The van der Waals surface area contributed by atoms with Crippen LogP contribution in [0.4, 0.5) is 17.6 Å². The van der Waals surface area contributed by atoms with E-state index in [1.165, 1.54) is 0 Å². The molecule has 0 fully saturated rings. The molecule has 0 spiro atoms. The van der Waals surface area contributed by atoms with E-state index in [2.05, 4.69) is 0 Å². The third kappa shape index (κ3) is 1.93. The summed E-state index contributed by atoms with van der Waals surface area (Å²) in [4.78, 5) is 0. The zero-order valence-corrected chi connectivity index (χ0v) is 8.77. The van der Waals surface area contributed by atoms with Gasteiger partial charge in [0.1, 0.15) is 11.6 Å². The van der Waals surface area contributed by atoms with Gasteiger partial charge in [0.05, 0.1) is 17.2 Å². The maximum atomic E-state index is 13.6. The third-order valence-corrected chi connectivity index (χ3v) is 2.33. The van der Waals surface area contributed by atoms with Gasteiger partial charge in [-0.25, -0.2) is 17.6 Å². The van der Waals surface area contributed by atoms with E-state index in [1.54, 1.807) is 6.07 Å². The Morgan fingerprint density at radius 3 is 2.22 bits per heavy atom. The van der Waals surface area contributed by atoms with Crippen LogP contribution in [0.2, 0.25) is 0 Å². The van der Waals surface area contributed by atoms with Crippen molar-refractivity contribution in [3.05, 3.63) is 59.2 Å². The highest BCUT2D eigenvalue weighted by molar-refractivity contribution is 5.66. The molecule has 0 heterocycles. The Kier molecular flexibility index (Phi) is 3.02. The van der Waals surface area contributed by atoms with Gasteiger partial charge in [-0.15, -0.1) is 0 Å². The van der Waals surface area contributed by atoms with Gasteiger partial charge in [-0.3, -0.25) is 0 Å². The molecule has 5 heteroatoms. The van der Waals surface area contributed by atoms with E-state index in [-0.39, 0.29) is 5.56 Å². The lowest BCUT2D eigenvalue weighted by Gasteiger charge is -2.07. The monoisotopic (exact) mass is 250 g/mol. The van der Waals surface area contributed by atoms with E-state index in [4.69, 9.17) is 5.26 Å². The van der Waals surface area contributed by atoms with Gasteiger partial charge in [0.15, 0.2) is 11.6 Å². The van der Waals surface area contributed by atoms with Gasteiger partial charge in [0, 0.05) is 11.6 Å². The van der Waals surface area contributed by atoms with Crippen molar-refractivity contribution in [2.45, 2.75) is 0 Å². The normalized spacial score (nSPS) is 10.2. The molecule has 18 heavy (non-hydrogen) atoms. The van der Waals surface area contributed by atoms with Gasteiger partial charge in [0.25, 0.3) is 0 Å². The molecule has 0 N–H and O–H groups in total. The molecular weight excluding hydrogens is 246 g/mol. The molecule has 0 aliphatic heterocycles. The molecule has 1 nitrogen and oxygen atoms in total. The van der Waals surface area contributed by atoms with Crippen LogP contribution >= 0.6 is 0 Å². The Bertz CT molecular complexity index is 636. The Morgan fingerprint density at radius 1 is 1.06 bits per heavy atom. The Hall–Kier alpha value is -2.35. The summed E-state index contributed by atoms with van der Waals surface area (Å²) in [5.41, 5.74) is -1.50. The van der Waals surface area contributed by atoms with Crippen molar-refractivity contribution in [2.24, 2.45) is 0 Å². The molecule has 2 aromatic rings. The zero-order valence-electron chi connectivity index (χ0n) is 8.77. The Labute approximate surface area is 99.9 Å². The van der Waals surface area contributed by atoms with E-state index in [0.29, 0.717) is 0 Å². The van der Waals surface area contributed by atoms with Crippen LogP contribution < -0.4 is 0 Å². The minimum absolute atomic E-state index is 0.239. The first kappa shape index (κ1) is 12.1. The molecule has 0 saturated heterocycles. The van der Waals surface area contributed by atoms with Crippen molar-refractivity contribution in [2.75, 3.05) is 0 Å². The quantitative estimate of drug-likeness (QED) is 0.709. The molecule has 0 amide bonds. The van der Waals surface area contributed by atoms with Gasteiger partial charge < -0.3 is 0 Å². The van der Waals surface area contributed by atoms with Crippen molar-refractivity contribution in [1.82, 2.24) is 0 Å².